The Balaban J connectivity index is 2.57. The molecule has 2 heteroatoms. The Bertz CT molecular complexity index is 326. The maximum absolute atomic E-state index is 11.7. The Morgan fingerprint density at radius 3 is 2.76 bits per heavy atom. The van der Waals surface area contributed by atoms with Gasteiger partial charge >= 0.3 is 5.97 Å². The third kappa shape index (κ3) is 4.37. The minimum atomic E-state index is -0.0832. The molecule has 0 bridgehead atoms. The largest absolute Gasteiger partial charge is 0.458 e. The molecule has 2 nitrogen and oxygen atoms in total. The van der Waals surface area contributed by atoms with Gasteiger partial charge in [0.1, 0.15) is 6.10 Å². The van der Waals surface area contributed by atoms with Crippen LogP contribution in [0.15, 0.2) is 23.8 Å². The zero-order chi connectivity index (χ0) is 13.0. The lowest BCUT2D eigenvalue weighted by Gasteiger charge is -2.28. The molecule has 0 aromatic carbocycles. The fourth-order valence-corrected chi connectivity index (χ4v) is 2.08. The van der Waals surface area contributed by atoms with E-state index in [0.29, 0.717) is 18.3 Å². The third-order valence-corrected chi connectivity index (χ3v) is 3.28. The van der Waals surface area contributed by atoms with E-state index in [2.05, 4.69) is 12.7 Å². The van der Waals surface area contributed by atoms with Crippen LogP contribution >= 0.6 is 0 Å². The smallest absolute Gasteiger partial charge is 0.306 e. The van der Waals surface area contributed by atoms with Crippen molar-refractivity contribution in [1.82, 2.24) is 0 Å². The third-order valence-electron chi connectivity index (χ3n) is 3.28. The van der Waals surface area contributed by atoms with Crippen LogP contribution in [0.25, 0.3) is 0 Å². The summed E-state index contributed by atoms with van der Waals surface area (Å²) in [7, 11) is 0. The molecule has 2 unspecified atom stereocenters. The summed E-state index contributed by atoms with van der Waals surface area (Å²) in [5.74, 6) is 0.725. The average molecular weight is 236 g/mol. The molecule has 0 saturated carbocycles. The van der Waals surface area contributed by atoms with Gasteiger partial charge in [-0.05, 0) is 44.1 Å². The van der Waals surface area contributed by atoms with E-state index >= 15 is 0 Å². The van der Waals surface area contributed by atoms with Crippen LogP contribution in [-0.4, -0.2) is 12.1 Å². The van der Waals surface area contributed by atoms with Gasteiger partial charge in [0.05, 0.1) is 0 Å². The molecule has 0 fully saturated rings. The Labute approximate surface area is 105 Å². The fourth-order valence-electron chi connectivity index (χ4n) is 2.08. The van der Waals surface area contributed by atoms with Crippen molar-refractivity contribution in [3.05, 3.63) is 23.8 Å². The first-order chi connectivity index (χ1) is 7.90. The summed E-state index contributed by atoms with van der Waals surface area (Å²) < 4.78 is 5.55. The summed E-state index contributed by atoms with van der Waals surface area (Å²) in [4.78, 5) is 11.7. The highest BCUT2D eigenvalue weighted by Crippen LogP contribution is 2.30. The number of hydrogen-bond donors (Lipinski definition) is 0. The molecule has 1 rings (SSSR count). The number of carbonyl (C=O) groups excluding carboxylic acids is 1. The van der Waals surface area contributed by atoms with Crippen LogP contribution in [0.2, 0.25) is 0 Å². The predicted molar refractivity (Wildman–Crippen MR) is 70.6 cm³/mol. The SMILES string of the molecule is C=C(C)C1CC=C(C)C(OC(=O)CC(C)C)C1. The van der Waals surface area contributed by atoms with E-state index in [1.165, 1.54) is 11.1 Å². The second-order valence-electron chi connectivity index (χ2n) is 5.54. The first-order valence-electron chi connectivity index (χ1n) is 6.41. The summed E-state index contributed by atoms with van der Waals surface area (Å²) in [5.41, 5.74) is 2.36. The van der Waals surface area contributed by atoms with Crippen molar-refractivity contribution >= 4 is 5.97 Å². The van der Waals surface area contributed by atoms with Gasteiger partial charge in [-0.2, -0.15) is 0 Å². The molecule has 17 heavy (non-hydrogen) atoms. The summed E-state index contributed by atoms with van der Waals surface area (Å²) in [5, 5.41) is 0. The van der Waals surface area contributed by atoms with Crippen molar-refractivity contribution in [2.45, 2.75) is 53.1 Å². The van der Waals surface area contributed by atoms with E-state index in [0.717, 1.165) is 12.8 Å². The number of rotatable bonds is 4. The lowest BCUT2D eigenvalue weighted by Crippen LogP contribution is -2.26. The Kier molecular flexibility index (Phi) is 4.98. The monoisotopic (exact) mass is 236 g/mol. The molecule has 1 aliphatic carbocycles. The van der Waals surface area contributed by atoms with Crippen molar-refractivity contribution in [3.63, 3.8) is 0 Å². The van der Waals surface area contributed by atoms with Crippen molar-refractivity contribution < 1.29 is 9.53 Å². The second-order valence-corrected chi connectivity index (χ2v) is 5.54. The molecule has 0 amide bonds. The van der Waals surface area contributed by atoms with Gasteiger partial charge in [-0.3, -0.25) is 4.79 Å². The molecular weight excluding hydrogens is 212 g/mol. The van der Waals surface area contributed by atoms with Crippen LogP contribution in [-0.2, 0) is 9.53 Å². The summed E-state index contributed by atoms with van der Waals surface area (Å²) >= 11 is 0. The van der Waals surface area contributed by atoms with Crippen LogP contribution in [0.5, 0.6) is 0 Å². The Hall–Kier alpha value is -1.05. The van der Waals surface area contributed by atoms with Crippen LogP contribution < -0.4 is 0 Å². The van der Waals surface area contributed by atoms with Crippen LogP contribution in [0.1, 0.15) is 47.0 Å². The van der Waals surface area contributed by atoms with Gasteiger partial charge in [0.2, 0.25) is 0 Å². The van der Waals surface area contributed by atoms with E-state index in [9.17, 15) is 4.79 Å². The Morgan fingerprint density at radius 2 is 2.24 bits per heavy atom. The quantitative estimate of drug-likeness (QED) is 0.547. The zero-order valence-electron chi connectivity index (χ0n) is 11.5. The maximum Gasteiger partial charge on any atom is 0.306 e. The van der Waals surface area contributed by atoms with Crippen molar-refractivity contribution in [3.8, 4) is 0 Å². The highest BCUT2D eigenvalue weighted by Gasteiger charge is 2.25. The molecular formula is C15H24O2. The lowest BCUT2D eigenvalue weighted by molar-refractivity contribution is -0.149. The summed E-state index contributed by atoms with van der Waals surface area (Å²) in [6.07, 6.45) is 4.55. The minimum Gasteiger partial charge on any atom is -0.458 e. The van der Waals surface area contributed by atoms with Gasteiger partial charge in [0.15, 0.2) is 0 Å². The van der Waals surface area contributed by atoms with Crippen LogP contribution in [0.3, 0.4) is 0 Å². The number of esters is 1. The number of allylic oxidation sites excluding steroid dienone is 2. The van der Waals surface area contributed by atoms with Crippen molar-refractivity contribution in [2.24, 2.45) is 11.8 Å². The first kappa shape index (κ1) is 14.0. The van der Waals surface area contributed by atoms with E-state index in [1.54, 1.807) is 0 Å². The molecule has 2 atom stereocenters. The highest BCUT2D eigenvalue weighted by atomic mass is 16.5. The van der Waals surface area contributed by atoms with Gasteiger partial charge in [0, 0.05) is 6.42 Å². The molecule has 0 aromatic heterocycles. The number of carbonyl (C=O) groups is 1. The summed E-state index contributed by atoms with van der Waals surface area (Å²) in [6, 6.07) is 0. The normalized spacial score (nSPS) is 24.4. The fraction of sp³-hybridized carbons (Fsp3) is 0.667. The second kappa shape index (κ2) is 6.04. The average Bonchev–Trinajstić information content (AvgIpc) is 2.19. The number of hydrogen-bond acceptors (Lipinski definition) is 2. The molecule has 96 valence electrons. The highest BCUT2D eigenvalue weighted by molar-refractivity contribution is 5.70. The molecule has 0 saturated heterocycles. The topological polar surface area (TPSA) is 26.3 Å². The zero-order valence-corrected chi connectivity index (χ0v) is 11.5. The molecule has 0 heterocycles. The molecule has 0 radical (unpaired) electrons. The first-order valence-corrected chi connectivity index (χ1v) is 6.41. The van der Waals surface area contributed by atoms with Gasteiger partial charge < -0.3 is 4.74 Å². The molecule has 0 spiro atoms. The van der Waals surface area contributed by atoms with Gasteiger partial charge in [-0.15, -0.1) is 0 Å². The van der Waals surface area contributed by atoms with Crippen LogP contribution in [0.4, 0.5) is 0 Å². The molecule has 1 aliphatic rings. The maximum atomic E-state index is 11.7. The van der Waals surface area contributed by atoms with E-state index in [1.807, 2.05) is 27.7 Å². The minimum absolute atomic E-state index is 0.0447. The van der Waals surface area contributed by atoms with E-state index in [-0.39, 0.29) is 12.1 Å². The van der Waals surface area contributed by atoms with Gasteiger partial charge in [-0.25, -0.2) is 0 Å². The van der Waals surface area contributed by atoms with Gasteiger partial charge in [0.25, 0.3) is 0 Å². The molecule has 0 N–H and O–H groups in total. The standard InChI is InChI=1S/C15H24O2/c1-10(2)8-15(16)17-14-9-13(11(3)4)7-6-12(14)5/h6,10,13-14H,3,7-9H2,1-2,4-5H3. The Morgan fingerprint density at radius 1 is 1.59 bits per heavy atom. The van der Waals surface area contributed by atoms with Gasteiger partial charge in [-0.1, -0.05) is 32.1 Å². The lowest BCUT2D eigenvalue weighted by atomic mass is 9.84. The van der Waals surface area contributed by atoms with Crippen LogP contribution in [0, 0.1) is 11.8 Å². The number of ether oxygens (including phenoxy) is 1. The predicted octanol–water partition coefficient (Wildman–Crippen LogP) is 3.88. The van der Waals surface area contributed by atoms with Crippen molar-refractivity contribution in [1.29, 1.82) is 0 Å². The molecule has 0 aliphatic heterocycles. The van der Waals surface area contributed by atoms with E-state index < -0.39 is 0 Å². The van der Waals surface area contributed by atoms with Crippen molar-refractivity contribution in [2.75, 3.05) is 0 Å². The van der Waals surface area contributed by atoms with E-state index in [4.69, 9.17) is 4.74 Å². The molecule has 0 aromatic rings. The summed E-state index contributed by atoms with van der Waals surface area (Å²) in [6.45, 7) is 12.1.